The first-order chi connectivity index (χ1) is 7.75. The van der Waals surface area contributed by atoms with Gasteiger partial charge in [-0.1, -0.05) is 6.07 Å². The number of aryl methyl sites for hydroxylation is 1. The highest BCUT2D eigenvalue weighted by molar-refractivity contribution is 5.16. The summed E-state index contributed by atoms with van der Waals surface area (Å²) in [6, 6.07) is 4.13. The standard InChI is InChI=1S/C13H20N2O/c1-10-5-6-11(9-15-10)13(14)8-12-4-2-3-7-16-12/h5-6,9,12-13H,2-4,7-8,14H2,1H3. The fourth-order valence-corrected chi connectivity index (χ4v) is 2.11. The lowest BCUT2D eigenvalue weighted by atomic mass is 9.98. The lowest BCUT2D eigenvalue weighted by Gasteiger charge is -2.25. The molecule has 2 N–H and O–H groups in total. The monoisotopic (exact) mass is 220 g/mol. The number of ether oxygens (including phenoxy) is 1. The second kappa shape index (κ2) is 5.41. The Hall–Kier alpha value is -0.930. The summed E-state index contributed by atoms with van der Waals surface area (Å²) in [6.45, 7) is 2.88. The van der Waals surface area contributed by atoms with Crippen LogP contribution >= 0.6 is 0 Å². The third kappa shape index (κ3) is 3.03. The molecule has 0 saturated carbocycles. The van der Waals surface area contributed by atoms with Gasteiger partial charge in [-0.2, -0.15) is 0 Å². The van der Waals surface area contributed by atoms with Crippen molar-refractivity contribution in [1.29, 1.82) is 0 Å². The van der Waals surface area contributed by atoms with E-state index in [4.69, 9.17) is 10.5 Å². The van der Waals surface area contributed by atoms with E-state index < -0.39 is 0 Å². The van der Waals surface area contributed by atoms with E-state index in [0.717, 1.165) is 30.7 Å². The summed E-state index contributed by atoms with van der Waals surface area (Å²) < 4.78 is 5.69. The Balaban J connectivity index is 1.91. The molecule has 2 atom stereocenters. The zero-order valence-electron chi connectivity index (χ0n) is 9.86. The number of nitrogens with two attached hydrogens (primary N) is 1. The van der Waals surface area contributed by atoms with E-state index >= 15 is 0 Å². The Morgan fingerprint density at radius 3 is 3.00 bits per heavy atom. The lowest BCUT2D eigenvalue weighted by molar-refractivity contribution is 0.00728. The Morgan fingerprint density at radius 1 is 1.50 bits per heavy atom. The Morgan fingerprint density at radius 2 is 2.38 bits per heavy atom. The number of hydrogen-bond donors (Lipinski definition) is 1. The first kappa shape index (κ1) is 11.6. The van der Waals surface area contributed by atoms with Gasteiger partial charge in [0, 0.05) is 24.5 Å². The molecule has 2 unspecified atom stereocenters. The molecule has 16 heavy (non-hydrogen) atoms. The molecule has 2 rings (SSSR count). The van der Waals surface area contributed by atoms with Crippen molar-refractivity contribution in [3.8, 4) is 0 Å². The third-order valence-electron chi connectivity index (χ3n) is 3.15. The van der Waals surface area contributed by atoms with Crippen LogP contribution in [0.15, 0.2) is 18.3 Å². The normalized spacial score (nSPS) is 23.0. The van der Waals surface area contributed by atoms with Crippen LogP contribution in [0.25, 0.3) is 0 Å². The maximum atomic E-state index is 6.16. The number of nitrogens with zero attached hydrogens (tertiary/aromatic N) is 1. The van der Waals surface area contributed by atoms with Crippen molar-refractivity contribution < 1.29 is 4.74 Å². The van der Waals surface area contributed by atoms with Crippen molar-refractivity contribution in [3.63, 3.8) is 0 Å². The highest BCUT2D eigenvalue weighted by atomic mass is 16.5. The molecule has 0 aromatic carbocycles. The van der Waals surface area contributed by atoms with Crippen LogP contribution in [-0.4, -0.2) is 17.7 Å². The predicted octanol–water partition coefficient (Wildman–Crippen LogP) is 2.35. The molecule has 3 nitrogen and oxygen atoms in total. The molecular formula is C13H20N2O. The molecule has 1 aliphatic heterocycles. The molecule has 0 aliphatic carbocycles. The summed E-state index contributed by atoms with van der Waals surface area (Å²) in [4.78, 5) is 4.27. The smallest absolute Gasteiger partial charge is 0.0593 e. The maximum Gasteiger partial charge on any atom is 0.0593 e. The summed E-state index contributed by atoms with van der Waals surface area (Å²) in [6.07, 6.45) is 6.73. The van der Waals surface area contributed by atoms with Gasteiger partial charge in [-0.3, -0.25) is 4.98 Å². The van der Waals surface area contributed by atoms with Crippen LogP contribution < -0.4 is 5.73 Å². The molecule has 1 saturated heterocycles. The van der Waals surface area contributed by atoms with Crippen molar-refractivity contribution in [2.45, 2.75) is 44.8 Å². The number of pyridine rings is 1. The topological polar surface area (TPSA) is 48.1 Å². The first-order valence-electron chi connectivity index (χ1n) is 6.05. The van der Waals surface area contributed by atoms with Crippen molar-refractivity contribution >= 4 is 0 Å². The van der Waals surface area contributed by atoms with Crippen molar-refractivity contribution in [2.75, 3.05) is 6.61 Å². The molecule has 1 aromatic heterocycles. The molecule has 1 fully saturated rings. The number of aromatic nitrogens is 1. The van der Waals surface area contributed by atoms with Crippen molar-refractivity contribution in [1.82, 2.24) is 4.98 Å². The van der Waals surface area contributed by atoms with E-state index in [2.05, 4.69) is 11.1 Å². The van der Waals surface area contributed by atoms with Gasteiger partial charge in [0.1, 0.15) is 0 Å². The van der Waals surface area contributed by atoms with Crippen molar-refractivity contribution in [2.24, 2.45) is 5.73 Å². The minimum absolute atomic E-state index is 0.0520. The van der Waals surface area contributed by atoms with Gasteiger partial charge in [0.15, 0.2) is 0 Å². The maximum absolute atomic E-state index is 6.16. The Bertz CT molecular complexity index is 317. The van der Waals surface area contributed by atoms with Gasteiger partial charge in [0.2, 0.25) is 0 Å². The van der Waals surface area contributed by atoms with Gasteiger partial charge in [-0.15, -0.1) is 0 Å². The van der Waals surface area contributed by atoms with E-state index in [9.17, 15) is 0 Å². The number of hydrogen-bond acceptors (Lipinski definition) is 3. The summed E-state index contributed by atoms with van der Waals surface area (Å²) in [7, 11) is 0. The van der Waals surface area contributed by atoms with Gasteiger partial charge in [-0.25, -0.2) is 0 Å². The van der Waals surface area contributed by atoms with Crippen LogP contribution in [0.4, 0.5) is 0 Å². The molecule has 2 heterocycles. The molecule has 1 aromatic rings. The Labute approximate surface area is 97.0 Å². The fourth-order valence-electron chi connectivity index (χ4n) is 2.11. The highest BCUT2D eigenvalue weighted by Gasteiger charge is 2.18. The lowest BCUT2D eigenvalue weighted by Crippen LogP contribution is -2.25. The van der Waals surface area contributed by atoms with Crippen LogP contribution in [0.3, 0.4) is 0 Å². The third-order valence-corrected chi connectivity index (χ3v) is 3.15. The quantitative estimate of drug-likeness (QED) is 0.850. The zero-order chi connectivity index (χ0) is 11.4. The van der Waals surface area contributed by atoms with Crippen LogP contribution in [0.5, 0.6) is 0 Å². The SMILES string of the molecule is Cc1ccc(C(N)CC2CCCCO2)cn1. The average Bonchev–Trinajstić information content (AvgIpc) is 2.31. The largest absolute Gasteiger partial charge is 0.378 e. The van der Waals surface area contributed by atoms with Crippen LogP contribution in [0.1, 0.15) is 43.0 Å². The van der Waals surface area contributed by atoms with E-state index in [1.54, 1.807) is 0 Å². The average molecular weight is 220 g/mol. The van der Waals surface area contributed by atoms with Crippen molar-refractivity contribution in [3.05, 3.63) is 29.6 Å². The van der Waals surface area contributed by atoms with E-state index in [-0.39, 0.29) is 6.04 Å². The van der Waals surface area contributed by atoms with Gasteiger partial charge < -0.3 is 10.5 Å². The summed E-state index contributed by atoms with van der Waals surface area (Å²) >= 11 is 0. The van der Waals surface area contributed by atoms with Crippen LogP contribution in [0, 0.1) is 6.92 Å². The van der Waals surface area contributed by atoms with Gasteiger partial charge in [0.25, 0.3) is 0 Å². The molecule has 88 valence electrons. The fraction of sp³-hybridized carbons (Fsp3) is 0.615. The summed E-state index contributed by atoms with van der Waals surface area (Å²) in [5, 5.41) is 0. The second-order valence-electron chi connectivity index (χ2n) is 4.56. The molecule has 0 amide bonds. The summed E-state index contributed by atoms with van der Waals surface area (Å²) in [5.74, 6) is 0. The van der Waals surface area contributed by atoms with Gasteiger partial charge >= 0.3 is 0 Å². The van der Waals surface area contributed by atoms with Crippen LogP contribution in [0.2, 0.25) is 0 Å². The molecule has 0 radical (unpaired) electrons. The van der Waals surface area contributed by atoms with Crippen LogP contribution in [-0.2, 0) is 4.74 Å². The minimum Gasteiger partial charge on any atom is -0.378 e. The minimum atomic E-state index is 0.0520. The first-order valence-corrected chi connectivity index (χ1v) is 6.05. The predicted molar refractivity (Wildman–Crippen MR) is 64.1 cm³/mol. The summed E-state index contributed by atoms with van der Waals surface area (Å²) in [5.41, 5.74) is 8.30. The Kier molecular flexibility index (Phi) is 3.91. The van der Waals surface area contributed by atoms with E-state index in [1.807, 2.05) is 19.2 Å². The number of rotatable bonds is 3. The van der Waals surface area contributed by atoms with Gasteiger partial charge in [-0.05, 0) is 44.2 Å². The van der Waals surface area contributed by atoms with E-state index in [0.29, 0.717) is 6.10 Å². The second-order valence-corrected chi connectivity index (χ2v) is 4.56. The zero-order valence-corrected chi connectivity index (χ0v) is 9.86. The molecule has 0 bridgehead atoms. The molecule has 1 aliphatic rings. The van der Waals surface area contributed by atoms with Gasteiger partial charge in [0.05, 0.1) is 6.10 Å². The molecule has 0 spiro atoms. The highest BCUT2D eigenvalue weighted by Crippen LogP contribution is 2.22. The molecule has 3 heteroatoms. The van der Waals surface area contributed by atoms with E-state index in [1.165, 1.54) is 12.8 Å². The molecular weight excluding hydrogens is 200 g/mol.